The van der Waals surface area contributed by atoms with Crippen LogP contribution in [0.5, 0.6) is 11.5 Å². The topological polar surface area (TPSA) is 65.4 Å². The summed E-state index contributed by atoms with van der Waals surface area (Å²) in [5.74, 6) is 2.77. The van der Waals surface area contributed by atoms with Crippen LogP contribution < -0.4 is 14.8 Å². The molecule has 25 heavy (non-hydrogen) atoms. The second kappa shape index (κ2) is 6.63. The van der Waals surface area contributed by atoms with E-state index in [-0.39, 0.29) is 5.91 Å². The number of aryl methyl sites for hydroxylation is 1. The Labute approximate surface area is 146 Å². The number of anilines is 1. The van der Waals surface area contributed by atoms with E-state index in [2.05, 4.69) is 10.4 Å². The summed E-state index contributed by atoms with van der Waals surface area (Å²) in [4.78, 5) is 12.3. The van der Waals surface area contributed by atoms with Crippen molar-refractivity contribution in [3.8, 4) is 11.5 Å². The van der Waals surface area contributed by atoms with Crippen LogP contribution in [0.25, 0.3) is 6.08 Å². The van der Waals surface area contributed by atoms with Crippen molar-refractivity contribution in [2.45, 2.75) is 26.3 Å². The van der Waals surface area contributed by atoms with Crippen LogP contribution in [-0.4, -0.2) is 28.9 Å². The van der Waals surface area contributed by atoms with E-state index in [9.17, 15) is 4.79 Å². The number of amides is 1. The molecule has 0 spiro atoms. The summed E-state index contributed by atoms with van der Waals surface area (Å²) < 4.78 is 13.0. The molecule has 1 amide bonds. The lowest BCUT2D eigenvalue weighted by molar-refractivity contribution is -0.111. The minimum absolute atomic E-state index is 0.171. The van der Waals surface area contributed by atoms with Crippen molar-refractivity contribution in [1.29, 1.82) is 0 Å². The molecule has 2 aromatic rings. The highest BCUT2D eigenvalue weighted by Crippen LogP contribution is 2.32. The van der Waals surface area contributed by atoms with Gasteiger partial charge in [0.05, 0.1) is 6.20 Å². The molecule has 2 aliphatic rings. The van der Waals surface area contributed by atoms with E-state index >= 15 is 0 Å². The molecule has 0 atom stereocenters. The Morgan fingerprint density at radius 1 is 1.32 bits per heavy atom. The van der Waals surface area contributed by atoms with Crippen LogP contribution in [0.4, 0.5) is 5.82 Å². The number of rotatable bonds is 5. The van der Waals surface area contributed by atoms with Gasteiger partial charge in [-0.25, -0.2) is 4.68 Å². The van der Waals surface area contributed by atoms with Crippen molar-refractivity contribution in [2.24, 2.45) is 5.92 Å². The number of carbonyl (C=O) groups excluding carboxylic acids is 1. The summed E-state index contributed by atoms with van der Waals surface area (Å²) in [6.07, 6.45) is 7.58. The number of benzene rings is 1. The molecule has 1 N–H and O–H groups in total. The molecular formula is C19H21N3O3. The lowest BCUT2D eigenvalue weighted by Gasteiger charge is -2.18. The number of nitrogens with one attached hydrogen (secondary N) is 1. The maximum atomic E-state index is 12.3. The average Bonchev–Trinajstić information content (AvgIpc) is 3.39. The Balaban J connectivity index is 1.43. The van der Waals surface area contributed by atoms with Gasteiger partial charge in [0.15, 0.2) is 11.5 Å². The van der Waals surface area contributed by atoms with Crippen molar-refractivity contribution < 1.29 is 14.3 Å². The molecule has 2 heterocycles. The van der Waals surface area contributed by atoms with Gasteiger partial charge >= 0.3 is 0 Å². The Bertz CT molecular complexity index is 821. The Hall–Kier alpha value is -2.76. The van der Waals surface area contributed by atoms with E-state index < -0.39 is 0 Å². The zero-order chi connectivity index (χ0) is 17.2. The van der Waals surface area contributed by atoms with E-state index in [4.69, 9.17) is 9.47 Å². The van der Waals surface area contributed by atoms with Crippen molar-refractivity contribution in [1.82, 2.24) is 9.78 Å². The number of aromatic nitrogens is 2. The first-order valence-corrected chi connectivity index (χ1v) is 8.60. The molecule has 1 saturated carbocycles. The molecule has 1 fully saturated rings. The molecule has 1 aromatic carbocycles. The minimum Gasteiger partial charge on any atom is -0.486 e. The second-order valence-corrected chi connectivity index (χ2v) is 6.53. The minimum atomic E-state index is -0.171. The van der Waals surface area contributed by atoms with Crippen LogP contribution in [0, 0.1) is 12.8 Å². The summed E-state index contributed by atoms with van der Waals surface area (Å²) in [6, 6.07) is 5.64. The number of hydrogen-bond donors (Lipinski definition) is 1. The molecule has 6 nitrogen and oxygen atoms in total. The van der Waals surface area contributed by atoms with Gasteiger partial charge in [-0.05, 0) is 49.5 Å². The summed E-state index contributed by atoms with van der Waals surface area (Å²) in [5.41, 5.74) is 1.87. The highest BCUT2D eigenvalue weighted by Gasteiger charge is 2.23. The fourth-order valence-corrected chi connectivity index (χ4v) is 2.82. The van der Waals surface area contributed by atoms with Gasteiger partial charge in [-0.15, -0.1) is 0 Å². The maximum absolute atomic E-state index is 12.3. The average molecular weight is 339 g/mol. The zero-order valence-electron chi connectivity index (χ0n) is 14.2. The third-order valence-electron chi connectivity index (χ3n) is 4.39. The van der Waals surface area contributed by atoms with Gasteiger partial charge in [-0.2, -0.15) is 5.10 Å². The normalized spacial score (nSPS) is 16.2. The standard InChI is InChI=1S/C19H21N3O3/c1-13-11-20-22(12-15-2-3-15)19(13)21-18(23)7-5-14-4-6-16-17(10-14)25-9-8-24-16/h4-7,10-11,15H,2-3,8-9,12H2,1H3,(H,21,23). The number of hydrogen-bond acceptors (Lipinski definition) is 4. The smallest absolute Gasteiger partial charge is 0.249 e. The van der Waals surface area contributed by atoms with Crippen LogP contribution in [0.3, 0.4) is 0 Å². The summed E-state index contributed by atoms with van der Waals surface area (Å²) in [6.45, 7) is 3.94. The fourth-order valence-electron chi connectivity index (χ4n) is 2.82. The molecule has 1 aliphatic carbocycles. The van der Waals surface area contributed by atoms with Gasteiger partial charge in [0.1, 0.15) is 19.0 Å². The van der Waals surface area contributed by atoms with Crippen molar-refractivity contribution in [3.63, 3.8) is 0 Å². The third kappa shape index (κ3) is 3.68. The van der Waals surface area contributed by atoms with Crippen LogP contribution in [0.2, 0.25) is 0 Å². The fraction of sp³-hybridized carbons (Fsp3) is 0.368. The molecule has 0 saturated heterocycles. The van der Waals surface area contributed by atoms with Crippen LogP contribution in [0.15, 0.2) is 30.5 Å². The summed E-state index contributed by atoms with van der Waals surface area (Å²) >= 11 is 0. The first kappa shape index (κ1) is 15.7. The van der Waals surface area contributed by atoms with Crippen LogP contribution in [-0.2, 0) is 11.3 Å². The Morgan fingerprint density at radius 2 is 2.12 bits per heavy atom. The number of carbonyl (C=O) groups is 1. The Kier molecular flexibility index (Phi) is 4.17. The number of nitrogens with zero attached hydrogens (tertiary/aromatic N) is 2. The lowest BCUT2D eigenvalue weighted by Crippen LogP contribution is -2.15. The van der Waals surface area contributed by atoms with Crippen molar-refractivity contribution >= 4 is 17.8 Å². The molecule has 4 rings (SSSR count). The van der Waals surface area contributed by atoms with Crippen LogP contribution >= 0.6 is 0 Å². The first-order valence-electron chi connectivity index (χ1n) is 8.60. The van der Waals surface area contributed by atoms with Gasteiger partial charge in [-0.3, -0.25) is 4.79 Å². The Morgan fingerprint density at radius 3 is 2.92 bits per heavy atom. The molecule has 1 aromatic heterocycles. The molecule has 0 radical (unpaired) electrons. The third-order valence-corrected chi connectivity index (χ3v) is 4.39. The molecule has 6 heteroatoms. The van der Waals surface area contributed by atoms with E-state index in [1.165, 1.54) is 18.9 Å². The van der Waals surface area contributed by atoms with Crippen molar-refractivity contribution in [3.05, 3.63) is 41.6 Å². The van der Waals surface area contributed by atoms with E-state index in [0.717, 1.165) is 29.2 Å². The molecule has 0 bridgehead atoms. The van der Waals surface area contributed by atoms with Crippen LogP contribution in [0.1, 0.15) is 24.0 Å². The van der Waals surface area contributed by atoms with Gasteiger partial charge in [0, 0.05) is 18.2 Å². The predicted molar refractivity (Wildman–Crippen MR) is 94.8 cm³/mol. The maximum Gasteiger partial charge on any atom is 0.249 e. The SMILES string of the molecule is Cc1cnn(CC2CC2)c1NC(=O)C=Cc1ccc2c(c1)OCCO2. The first-order chi connectivity index (χ1) is 12.2. The molecular weight excluding hydrogens is 318 g/mol. The lowest BCUT2D eigenvalue weighted by atomic mass is 10.2. The zero-order valence-corrected chi connectivity index (χ0v) is 14.2. The molecule has 130 valence electrons. The summed E-state index contributed by atoms with van der Waals surface area (Å²) in [7, 11) is 0. The van der Waals surface area contributed by atoms with Gasteiger partial charge in [0.2, 0.25) is 5.91 Å². The quantitative estimate of drug-likeness (QED) is 0.851. The van der Waals surface area contributed by atoms with Gasteiger partial charge < -0.3 is 14.8 Å². The van der Waals surface area contributed by atoms with E-state index in [1.54, 1.807) is 12.3 Å². The predicted octanol–water partition coefficient (Wildman–Crippen LogP) is 3.02. The monoisotopic (exact) mass is 339 g/mol. The van der Waals surface area contributed by atoms with Crippen molar-refractivity contribution in [2.75, 3.05) is 18.5 Å². The van der Waals surface area contributed by atoms with E-state index in [1.807, 2.05) is 29.8 Å². The number of fused-ring (bicyclic) bond motifs is 1. The second-order valence-electron chi connectivity index (χ2n) is 6.53. The highest BCUT2D eigenvalue weighted by atomic mass is 16.6. The molecule has 1 aliphatic heterocycles. The van der Waals surface area contributed by atoms with Gasteiger partial charge in [-0.1, -0.05) is 6.07 Å². The summed E-state index contributed by atoms with van der Waals surface area (Å²) in [5, 5.41) is 7.31. The van der Waals surface area contributed by atoms with Gasteiger partial charge in [0.25, 0.3) is 0 Å². The molecule has 0 unspecified atom stereocenters. The largest absolute Gasteiger partial charge is 0.486 e. The number of ether oxygens (including phenoxy) is 2. The van der Waals surface area contributed by atoms with E-state index in [0.29, 0.717) is 24.9 Å². The highest BCUT2D eigenvalue weighted by molar-refractivity contribution is 6.01.